The monoisotopic (exact) mass is 313 g/mol. The molecular weight excluding hydrogens is 290 g/mol. The lowest BCUT2D eigenvalue weighted by Crippen LogP contribution is -2.53. The van der Waals surface area contributed by atoms with Crippen molar-refractivity contribution in [1.82, 2.24) is 4.90 Å². The van der Waals surface area contributed by atoms with Crippen LogP contribution in [0.15, 0.2) is 36.4 Å². The molecule has 1 aliphatic heterocycles. The number of carbonyl (C=O) groups excluding carboxylic acids is 2. The zero-order chi connectivity index (χ0) is 16.3. The van der Waals surface area contributed by atoms with Crippen molar-refractivity contribution in [2.75, 3.05) is 7.11 Å². The Kier molecular flexibility index (Phi) is 4.51. The average Bonchev–Trinajstić information content (AvgIpc) is 2.90. The average molecular weight is 313 g/mol. The van der Waals surface area contributed by atoms with Crippen molar-refractivity contribution in [2.45, 2.75) is 50.1 Å². The van der Waals surface area contributed by atoms with Gasteiger partial charge in [-0.25, -0.2) is 0 Å². The van der Waals surface area contributed by atoms with E-state index in [9.17, 15) is 9.59 Å². The first-order chi connectivity index (χ1) is 11.2. The summed E-state index contributed by atoms with van der Waals surface area (Å²) in [6.45, 7) is 0. The Balaban J connectivity index is 1.81. The maximum absolute atomic E-state index is 12.5. The van der Waals surface area contributed by atoms with E-state index >= 15 is 0 Å². The number of ether oxygens (including phenoxy) is 1. The number of likely N-dealkylation sites (tertiary alicyclic amines) is 1. The van der Waals surface area contributed by atoms with Crippen molar-refractivity contribution in [2.24, 2.45) is 0 Å². The Morgan fingerprint density at radius 3 is 2.65 bits per heavy atom. The zero-order valence-corrected chi connectivity index (χ0v) is 13.5. The van der Waals surface area contributed by atoms with Gasteiger partial charge in [-0.05, 0) is 49.8 Å². The van der Waals surface area contributed by atoms with E-state index in [1.807, 2.05) is 29.2 Å². The molecule has 1 saturated heterocycles. The maximum atomic E-state index is 12.5. The second-order valence-electron chi connectivity index (χ2n) is 6.46. The molecule has 1 aromatic rings. The van der Waals surface area contributed by atoms with Gasteiger partial charge in [-0.1, -0.05) is 24.3 Å². The molecule has 0 unspecified atom stereocenters. The third kappa shape index (κ3) is 3.03. The molecule has 122 valence electrons. The van der Waals surface area contributed by atoms with Gasteiger partial charge in [-0.2, -0.15) is 0 Å². The summed E-state index contributed by atoms with van der Waals surface area (Å²) in [5.41, 5.74) is 0.897. The summed E-state index contributed by atoms with van der Waals surface area (Å²) in [4.78, 5) is 26.1. The first-order valence-electron chi connectivity index (χ1n) is 8.24. The van der Waals surface area contributed by atoms with Crippen molar-refractivity contribution < 1.29 is 14.3 Å². The van der Waals surface area contributed by atoms with Gasteiger partial charge >= 0.3 is 0 Å². The SMILES string of the molecule is COc1ccc(C[C@@H](C=O)N2C(=O)CC[C@]23CC=CCC3)cc1. The minimum atomic E-state index is -0.384. The molecule has 23 heavy (non-hydrogen) atoms. The van der Waals surface area contributed by atoms with Gasteiger partial charge < -0.3 is 14.4 Å². The Morgan fingerprint density at radius 1 is 1.26 bits per heavy atom. The zero-order valence-electron chi connectivity index (χ0n) is 13.5. The second-order valence-corrected chi connectivity index (χ2v) is 6.46. The van der Waals surface area contributed by atoms with Crippen LogP contribution in [0.3, 0.4) is 0 Å². The molecule has 0 saturated carbocycles. The van der Waals surface area contributed by atoms with E-state index in [4.69, 9.17) is 4.74 Å². The highest BCUT2D eigenvalue weighted by Crippen LogP contribution is 2.41. The smallest absolute Gasteiger partial charge is 0.223 e. The first-order valence-corrected chi connectivity index (χ1v) is 8.24. The largest absolute Gasteiger partial charge is 0.497 e. The standard InChI is InChI=1S/C19H23NO3/c1-23-17-7-5-15(6-8-17)13-16(14-21)20-18(22)9-12-19(20)10-3-2-4-11-19/h2-3,5-8,14,16H,4,9-13H2,1H3/t16-,19+/m0/s1. The van der Waals surface area contributed by atoms with Crippen molar-refractivity contribution in [1.29, 1.82) is 0 Å². The van der Waals surface area contributed by atoms with Crippen LogP contribution in [0.4, 0.5) is 0 Å². The number of methoxy groups -OCH3 is 1. The van der Waals surface area contributed by atoms with Crippen LogP contribution in [-0.4, -0.2) is 35.8 Å². The van der Waals surface area contributed by atoms with Crippen LogP contribution in [-0.2, 0) is 16.0 Å². The number of hydrogen-bond donors (Lipinski definition) is 0. The molecule has 2 aliphatic rings. The molecule has 4 heteroatoms. The van der Waals surface area contributed by atoms with Crippen molar-refractivity contribution >= 4 is 12.2 Å². The number of nitrogens with zero attached hydrogens (tertiary/aromatic N) is 1. The topological polar surface area (TPSA) is 46.6 Å². The summed E-state index contributed by atoms with van der Waals surface area (Å²) in [7, 11) is 1.63. The van der Waals surface area contributed by atoms with Crippen LogP contribution >= 0.6 is 0 Å². The van der Waals surface area contributed by atoms with Crippen LogP contribution < -0.4 is 4.74 Å². The fourth-order valence-electron chi connectivity index (χ4n) is 3.91. The highest BCUT2D eigenvalue weighted by Gasteiger charge is 2.47. The number of allylic oxidation sites excluding steroid dienone is 1. The number of carbonyl (C=O) groups is 2. The molecular formula is C19H23NO3. The lowest BCUT2D eigenvalue weighted by atomic mass is 9.82. The minimum absolute atomic E-state index is 0.117. The van der Waals surface area contributed by atoms with E-state index < -0.39 is 0 Å². The van der Waals surface area contributed by atoms with Gasteiger partial charge in [0, 0.05) is 12.0 Å². The Bertz CT molecular complexity index is 604. The highest BCUT2D eigenvalue weighted by molar-refractivity contribution is 5.83. The van der Waals surface area contributed by atoms with Crippen molar-refractivity contribution in [3.63, 3.8) is 0 Å². The van der Waals surface area contributed by atoms with Crippen LogP contribution in [0.25, 0.3) is 0 Å². The number of aldehydes is 1. The summed E-state index contributed by atoms with van der Waals surface area (Å²) in [5.74, 6) is 0.911. The molecule has 0 aromatic heterocycles. The van der Waals surface area contributed by atoms with Crippen molar-refractivity contribution in [3.8, 4) is 5.75 Å². The molecule has 1 amide bonds. The van der Waals surface area contributed by atoms with E-state index in [-0.39, 0.29) is 17.5 Å². The van der Waals surface area contributed by atoms with Gasteiger partial charge in [-0.15, -0.1) is 0 Å². The normalized spacial score (nSPS) is 24.9. The second kappa shape index (κ2) is 6.57. The fourth-order valence-corrected chi connectivity index (χ4v) is 3.91. The van der Waals surface area contributed by atoms with Gasteiger partial charge in [-0.3, -0.25) is 4.79 Å². The van der Waals surface area contributed by atoms with Crippen LogP contribution in [0.2, 0.25) is 0 Å². The number of benzene rings is 1. The van der Waals surface area contributed by atoms with Gasteiger partial charge in [0.15, 0.2) is 0 Å². The molecule has 1 fully saturated rings. The highest BCUT2D eigenvalue weighted by atomic mass is 16.5. The predicted molar refractivity (Wildman–Crippen MR) is 88.4 cm³/mol. The third-order valence-electron chi connectivity index (χ3n) is 5.12. The molecule has 0 bridgehead atoms. The predicted octanol–water partition coefficient (Wildman–Crippen LogP) is 2.91. The van der Waals surface area contributed by atoms with Gasteiger partial charge in [0.2, 0.25) is 5.91 Å². The maximum Gasteiger partial charge on any atom is 0.223 e. The van der Waals surface area contributed by atoms with Crippen LogP contribution in [0.5, 0.6) is 5.75 Å². The van der Waals surface area contributed by atoms with E-state index in [0.29, 0.717) is 12.8 Å². The molecule has 4 nitrogen and oxygen atoms in total. The summed E-state index contributed by atoms with van der Waals surface area (Å²) < 4.78 is 5.17. The minimum Gasteiger partial charge on any atom is -0.497 e. The number of hydrogen-bond acceptors (Lipinski definition) is 3. The third-order valence-corrected chi connectivity index (χ3v) is 5.12. The summed E-state index contributed by atoms with van der Waals surface area (Å²) in [6.07, 6.45) is 10.1. The molecule has 3 rings (SSSR count). The number of rotatable bonds is 5. The Morgan fingerprint density at radius 2 is 2.04 bits per heavy atom. The molecule has 2 atom stereocenters. The molecule has 1 heterocycles. The first kappa shape index (κ1) is 15.8. The fraction of sp³-hybridized carbons (Fsp3) is 0.474. The number of amides is 1. The van der Waals surface area contributed by atoms with Crippen LogP contribution in [0, 0.1) is 0 Å². The molecule has 0 N–H and O–H groups in total. The van der Waals surface area contributed by atoms with Gasteiger partial charge in [0.1, 0.15) is 12.0 Å². The quantitative estimate of drug-likeness (QED) is 0.620. The van der Waals surface area contributed by atoms with Gasteiger partial charge in [0.05, 0.1) is 13.2 Å². The van der Waals surface area contributed by atoms with Crippen LogP contribution in [0.1, 0.15) is 37.7 Å². The molecule has 0 radical (unpaired) electrons. The summed E-state index contributed by atoms with van der Waals surface area (Å²) in [5, 5.41) is 0. The Labute approximate surface area is 137 Å². The van der Waals surface area contributed by atoms with E-state index in [1.165, 1.54) is 0 Å². The lowest BCUT2D eigenvalue weighted by molar-refractivity contribution is -0.137. The van der Waals surface area contributed by atoms with Crippen molar-refractivity contribution in [3.05, 3.63) is 42.0 Å². The Hall–Kier alpha value is -2.10. The molecule has 1 aliphatic carbocycles. The summed E-state index contributed by atoms with van der Waals surface area (Å²) in [6, 6.07) is 7.32. The van der Waals surface area contributed by atoms with E-state index in [1.54, 1.807) is 7.11 Å². The molecule has 1 aromatic carbocycles. The van der Waals surface area contributed by atoms with Gasteiger partial charge in [0.25, 0.3) is 0 Å². The van der Waals surface area contributed by atoms with E-state index in [2.05, 4.69) is 12.2 Å². The summed E-state index contributed by atoms with van der Waals surface area (Å²) >= 11 is 0. The van der Waals surface area contributed by atoms with E-state index in [0.717, 1.165) is 43.3 Å². The molecule has 1 spiro atoms. The lowest BCUT2D eigenvalue weighted by Gasteiger charge is -2.42.